The van der Waals surface area contributed by atoms with Gasteiger partial charge in [-0.15, -0.1) is 0 Å². The number of methoxy groups -OCH3 is 1. The zero-order chi connectivity index (χ0) is 16.2. The molecular formula is C16H26N2O3S. The van der Waals surface area contributed by atoms with Crippen LogP contribution in [0.25, 0.3) is 0 Å². The lowest BCUT2D eigenvalue weighted by Gasteiger charge is -2.35. The average molecular weight is 326 g/mol. The van der Waals surface area contributed by atoms with Crippen LogP contribution in [-0.4, -0.2) is 58.4 Å². The SMILES string of the molecule is COCCS(=O)(=O)N1CCN(c2cccc(C(C)C)c2)CC1. The molecule has 0 amide bonds. The van der Waals surface area contributed by atoms with Gasteiger partial charge >= 0.3 is 0 Å². The van der Waals surface area contributed by atoms with Crippen LogP contribution in [0, 0.1) is 0 Å². The standard InChI is InChI=1S/C16H26N2O3S/c1-14(2)15-5-4-6-16(13-15)17-7-9-18(10-8-17)22(19,20)12-11-21-3/h4-6,13-14H,7-12H2,1-3H3. The van der Waals surface area contributed by atoms with Crippen LogP contribution < -0.4 is 4.90 Å². The van der Waals surface area contributed by atoms with Crippen molar-refractivity contribution < 1.29 is 13.2 Å². The van der Waals surface area contributed by atoms with Crippen molar-refractivity contribution in [1.82, 2.24) is 4.31 Å². The number of ether oxygens (including phenoxy) is 1. The largest absolute Gasteiger partial charge is 0.384 e. The Morgan fingerprint density at radius 1 is 1.18 bits per heavy atom. The second kappa shape index (κ2) is 7.44. The summed E-state index contributed by atoms with van der Waals surface area (Å²) in [5.74, 6) is 0.558. The van der Waals surface area contributed by atoms with Crippen molar-refractivity contribution in [2.75, 3.05) is 50.5 Å². The second-order valence-corrected chi connectivity index (χ2v) is 8.03. The van der Waals surface area contributed by atoms with E-state index in [4.69, 9.17) is 4.74 Å². The maximum Gasteiger partial charge on any atom is 0.216 e. The molecule has 2 rings (SSSR count). The molecule has 0 aromatic heterocycles. The fraction of sp³-hybridized carbons (Fsp3) is 0.625. The van der Waals surface area contributed by atoms with Gasteiger partial charge in [-0.25, -0.2) is 8.42 Å². The molecule has 1 heterocycles. The highest BCUT2D eigenvalue weighted by Gasteiger charge is 2.26. The molecular weight excluding hydrogens is 300 g/mol. The van der Waals surface area contributed by atoms with E-state index in [1.54, 1.807) is 4.31 Å². The molecule has 0 saturated carbocycles. The van der Waals surface area contributed by atoms with Crippen LogP contribution in [0.5, 0.6) is 0 Å². The molecule has 0 N–H and O–H groups in total. The quantitative estimate of drug-likeness (QED) is 0.801. The van der Waals surface area contributed by atoms with Crippen LogP contribution in [0.1, 0.15) is 25.3 Å². The van der Waals surface area contributed by atoms with Crippen LogP contribution in [0.4, 0.5) is 5.69 Å². The number of hydrogen-bond acceptors (Lipinski definition) is 4. The van der Waals surface area contributed by atoms with Gasteiger partial charge in [0.1, 0.15) is 0 Å². The predicted molar refractivity (Wildman–Crippen MR) is 90.0 cm³/mol. The Morgan fingerprint density at radius 2 is 1.86 bits per heavy atom. The highest BCUT2D eigenvalue weighted by atomic mass is 32.2. The lowest BCUT2D eigenvalue weighted by atomic mass is 10.0. The molecule has 5 nitrogen and oxygen atoms in total. The fourth-order valence-electron chi connectivity index (χ4n) is 2.62. The molecule has 1 saturated heterocycles. The van der Waals surface area contributed by atoms with E-state index in [0.717, 1.165) is 13.1 Å². The molecule has 6 heteroatoms. The van der Waals surface area contributed by atoms with Crippen molar-refractivity contribution in [3.05, 3.63) is 29.8 Å². The summed E-state index contributed by atoms with van der Waals surface area (Å²) < 4.78 is 30.8. The minimum absolute atomic E-state index is 0.0618. The zero-order valence-electron chi connectivity index (χ0n) is 13.7. The van der Waals surface area contributed by atoms with Gasteiger partial charge in [0, 0.05) is 39.0 Å². The maximum atomic E-state index is 12.2. The van der Waals surface area contributed by atoms with E-state index in [2.05, 4.69) is 43.0 Å². The van der Waals surface area contributed by atoms with Crippen molar-refractivity contribution in [2.24, 2.45) is 0 Å². The third kappa shape index (κ3) is 4.21. The van der Waals surface area contributed by atoms with Crippen molar-refractivity contribution in [2.45, 2.75) is 19.8 Å². The normalized spacial score (nSPS) is 17.2. The van der Waals surface area contributed by atoms with E-state index in [-0.39, 0.29) is 12.4 Å². The lowest BCUT2D eigenvalue weighted by molar-refractivity contribution is 0.215. The van der Waals surface area contributed by atoms with Gasteiger partial charge < -0.3 is 9.64 Å². The smallest absolute Gasteiger partial charge is 0.216 e. The molecule has 0 aliphatic carbocycles. The predicted octanol–water partition coefficient (Wildman–Crippen LogP) is 1.91. The Morgan fingerprint density at radius 3 is 2.45 bits per heavy atom. The molecule has 1 fully saturated rings. The van der Waals surface area contributed by atoms with Crippen LogP contribution in [0.3, 0.4) is 0 Å². The highest BCUT2D eigenvalue weighted by Crippen LogP contribution is 2.23. The summed E-state index contributed by atoms with van der Waals surface area (Å²) in [5, 5.41) is 0. The van der Waals surface area contributed by atoms with Gasteiger partial charge in [0.15, 0.2) is 0 Å². The van der Waals surface area contributed by atoms with Gasteiger partial charge in [0.05, 0.1) is 12.4 Å². The number of nitrogens with zero attached hydrogens (tertiary/aromatic N) is 2. The molecule has 0 bridgehead atoms. The summed E-state index contributed by atoms with van der Waals surface area (Å²) in [6, 6.07) is 8.52. The maximum absolute atomic E-state index is 12.2. The van der Waals surface area contributed by atoms with Gasteiger partial charge in [-0.2, -0.15) is 4.31 Å². The van der Waals surface area contributed by atoms with Crippen molar-refractivity contribution in [1.29, 1.82) is 0 Å². The summed E-state index contributed by atoms with van der Waals surface area (Å²) in [4.78, 5) is 2.26. The Kier molecular flexibility index (Phi) is 5.83. The summed E-state index contributed by atoms with van der Waals surface area (Å²) in [6.07, 6.45) is 0. The molecule has 1 aliphatic heterocycles. The van der Waals surface area contributed by atoms with E-state index >= 15 is 0 Å². The molecule has 0 unspecified atom stereocenters. The first-order valence-electron chi connectivity index (χ1n) is 7.75. The van der Waals surface area contributed by atoms with Gasteiger partial charge in [-0.1, -0.05) is 26.0 Å². The summed E-state index contributed by atoms with van der Waals surface area (Å²) in [6.45, 7) is 7.15. The molecule has 22 heavy (non-hydrogen) atoms. The van der Waals surface area contributed by atoms with Gasteiger partial charge in [0.2, 0.25) is 10.0 Å². The minimum Gasteiger partial charge on any atom is -0.384 e. The molecule has 0 radical (unpaired) electrons. The van der Waals surface area contributed by atoms with E-state index in [0.29, 0.717) is 19.0 Å². The first kappa shape index (κ1) is 17.2. The average Bonchev–Trinajstić information content (AvgIpc) is 2.53. The Balaban J connectivity index is 1.99. The van der Waals surface area contributed by atoms with Crippen molar-refractivity contribution >= 4 is 15.7 Å². The minimum atomic E-state index is -3.19. The second-order valence-electron chi connectivity index (χ2n) is 5.94. The topological polar surface area (TPSA) is 49.9 Å². The number of rotatable bonds is 6. The third-order valence-electron chi connectivity index (χ3n) is 4.08. The Labute approximate surface area is 133 Å². The molecule has 124 valence electrons. The molecule has 1 aliphatic rings. The number of anilines is 1. The van der Waals surface area contributed by atoms with E-state index in [1.165, 1.54) is 18.4 Å². The zero-order valence-corrected chi connectivity index (χ0v) is 14.5. The van der Waals surface area contributed by atoms with Crippen LogP contribution in [0.2, 0.25) is 0 Å². The highest BCUT2D eigenvalue weighted by molar-refractivity contribution is 7.89. The number of sulfonamides is 1. The first-order chi connectivity index (χ1) is 10.4. The molecule has 0 spiro atoms. The van der Waals surface area contributed by atoms with Crippen molar-refractivity contribution in [3.8, 4) is 0 Å². The van der Waals surface area contributed by atoms with E-state index in [1.807, 2.05) is 0 Å². The fourth-order valence-corrected chi connectivity index (χ4v) is 3.98. The van der Waals surface area contributed by atoms with Gasteiger partial charge in [0.25, 0.3) is 0 Å². The molecule has 1 aromatic carbocycles. The number of piperazine rings is 1. The van der Waals surface area contributed by atoms with Crippen molar-refractivity contribution in [3.63, 3.8) is 0 Å². The van der Waals surface area contributed by atoms with Crippen LogP contribution >= 0.6 is 0 Å². The molecule has 0 atom stereocenters. The number of benzene rings is 1. The summed E-state index contributed by atoms with van der Waals surface area (Å²) >= 11 is 0. The molecule has 1 aromatic rings. The Bertz CT molecular complexity index is 579. The lowest BCUT2D eigenvalue weighted by Crippen LogP contribution is -2.49. The summed E-state index contributed by atoms with van der Waals surface area (Å²) in [7, 11) is -1.67. The van der Waals surface area contributed by atoms with Gasteiger partial charge in [-0.3, -0.25) is 0 Å². The monoisotopic (exact) mass is 326 g/mol. The van der Waals surface area contributed by atoms with E-state index < -0.39 is 10.0 Å². The third-order valence-corrected chi connectivity index (χ3v) is 5.91. The van der Waals surface area contributed by atoms with E-state index in [9.17, 15) is 8.42 Å². The van der Waals surface area contributed by atoms with Crippen LogP contribution in [-0.2, 0) is 14.8 Å². The Hall–Kier alpha value is -1.11. The van der Waals surface area contributed by atoms with Gasteiger partial charge in [-0.05, 0) is 23.6 Å². The van der Waals surface area contributed by atoms with Crippen LogP contribution in [0.15, 0.2) is 24.3 Å². The summed E-state index contributed by atoms with van der Waals surface area (Å²) in [5.41, 5.74) is 2.49. The first-order valence-corrected chi connectivity index (χ1v) is 9.36. The number of hydrogen-bond donors (Lipinski definition) is 0.